The van der Waals surface area contributed by atoms with Crippen LogP contribution < -0.4 is 9.47 Å². The minimum atomic E-state index is 0.903. The maximum atomic E-state index is 5.60. The van der Waals surface area contributed by atoms with Crippen LogP contribution in [-0.2, 0) is 6.54 Å². The van der Waals surface area contributed by atoms with Gasteiger partial charge in [-0.05, 0) is 36.2 Å². The quantitative estimate of drug-likeness (QED) is 0.678. The molecule has 0 aliphatic carbocycles. The summed E-state index contributed by atoms with van der Waals surface area (Å²) in [4.78, 5) is 2.10. The van der Waals surface area contributed by atoms with Crippen LogP contribution in [0, 0.1) is 0 Å². The van der Waals surface area contributed by atoms with Gasteiger partial charge in [-0.3, -0.25) is 0 Å². The number of aryl methyl sites for hydroxylation is 1. The largest absolute Gasteiger partial charge is 0.413 e. The van der Waals surface area contributed by atoms with Crippen molar-refractivity contribution in [3.8, 4) is 0 Å². The summed E-state index contributed by atoms with van der Waals surface area (Å²) in [6.07, 6.45) is 8.10. The molecule has 0 spiro atoms. The molecule has 0 saturated carbocycles. The number of aromatic nitrogens is 1. The first-order valence-electron chi connectivity index (χ1n) is 7.54. The Morgan fingerprint density at radius 3 is 2.50 bits per heavy atom. The van der Waals surface area contributed by atoms with Gasteiger partial charge < -0.3 is 9.32 Å². The van der Waals surface area contributed by atoms with Gasteiger partial charge in [0, 0.05) is 25.8 Å². The predicted octanol–water partition coefficient (Wildman–Crippen LogP) is 3.98. The second-order valence-electron chi connectivity index (χ2n) is 5.52. The van der Waals surface area contributed by atoms with Gasteiger partial charge in [0.25, 0.3) is 0 Å². The molecule has 0 amide bonds. The van der Waals surface area contributed by atoms with E-state index in [1.165, 1.54) is 16.8 Å². The van der Waals surface area contributed by atoms with Crippen LogP contribution in [0.4, 0.5) is 5.69 Å². The molecule has 0 atom stereocenters. The lowest BCUT2D eigenvalue weighted by Gasteiger charge is -2.11. The van der Waals surface area contributed by atoms with E-state index in [2.05, 4.69) is 65.1 Å². The lowest BCUT2D eigenvalue weighted by molar-refractivity contribution is -0.674. The first kappa shape index (κ1) is 14.4. The third kappa shape index (κ3) is 2.75. The molecular formula is C19H21N2O+. The van der Waals surface area contributed by atoms with Gasteiger partial charge in [-0.25, -0.2) is 0 Å². The molecular weight excluding hydrogens is 272 g/mol. The highest BCUT2D eigenvalue weighted by Crippen LogP contribution is 2.20. The molecule has 1 aromatic carbocycles. The van der Waals surface area contributed by atoms with E-state index in [1.54, 1.807) is 6.26 Å². The van der Waals surface area contributed by atoms with Gasteiger partial charge in [-0.15, -0.1) is 0 Å². The Bertz CT molecular complexity index is 798. The predicted molar refractivity (Wildman–Crippen MR) is 91.8 cm³/mol. The smallest absolute Gasteiger partial charge is 0.380 e. The second-order valence-corrected chi connectivity index (χ2v) is 5.52. The van der Waals surface area contributed by atoms with Crippen molar-refractivity contribution in [2.45, 2.75) is 13.5 Å². The van der Waals surface area contributed by atoms with Crippen molar-refractivity contribution < 1.29 is 8.98 Å². The molecule has 0 bridgehead atoms. The fourth-order valence-corrected chi connectivity index (χ4v) is 2.54. The monoisotopic (exact) mass is 293 g/mol. The van der Waals surface area contributed by atoms with E-state index in [0.717, 1.165) is 17.6 Å². The highest BCUT2D eigenvalue weighted by atomic mass is 16.3. The van der Waals surface area contributed by atoms with E-state index in [1.807, 2.05) is 20.2 Å². The number of rotatable bonds is 4. The van der Waals surface area contributed by atoms with Crippen LogP contribution in [0.2, 0.25) is 0 Å². The van der Waals surface area contributed by atoms with Crippen molar-refractivity contribution in [1.82, 2.24) is 0 Å². The molecule has 0 saturated heterocycles. The SMILES string of the molecule is CC[n+]1ccc(C=Cc2ccc(N(C)C)cc2)c2ccoc21. The summed E-state index contributed by atoms with van der Waals surface area (Å²) in [6, 6.07) is 12.7. The lowest BCUT2D eigenvalue weighted by atomic mass is 10.1. The molecule has 3 heteroatoms. The molecule has 2 heterocycles. The third-order valence-electron chi connectivity index (χ3n) is 3.86. The topological polar surface area (TPSA) is 20.3 Å². The number of benzene rings is 1. The minimum Gasteiger partial charge on any atom is -0.413 e. The summed E-state index contributed by atoms with van der Waals surface area (Å²) in [7, 11) is 4.10. The molecule has 3 rings (SSSR count). The standard InChI is InChI=1S/C19H21N2O/c1-4-21-13-11-16(18-12-14-22-19(18)21)8-5-15-6-9-17(10-7-15)20(2)3/h5-14H,4H2,1-3H3/q+1. The first-order chi connectivity index (χ1) is 10.7. The zero-order valence-corrected chi connectivity index (χ0v) is 13.3. The van der Waals surface area contributed by atoms with Crippen LogP contribution in [-0.4, -0.2) is 14.1 Å². The summed E-state index contributed by atoms with van der Waals surface area (Å²) in [6.45, 7) is 3.02. The first-order valence-corrected chi connectivity index (χ1v) is 7.54. The molecule has 3 nitrogen and oxygen atoms in total. The summed E-state index contributed by atoms with van der Waals surface area (Å²) in [5.41, 5.74) is 4.49. The van der Waals surface area contributed by atoms with Crippen molar-refractivity contribution >= 4 is 28.9 Å². The van der Waals surface area contributed by atoms with Gasteiger partial charge in [0.15, 0.2) is 6.20 Å². The van der Waals surface area contributed by atoms with Gasteiger partial charge >= 0.3 is 5.71 Å². The molecule has 22 heavy (non-hydrogen) atoms. The Kier molecular flexibility index (Phi) is 3.96. The molecule has 0 unspecified atom stereocenters. The molecule has 0 N–H and O–H groups in total. The lowest BCUT2D eigenvalue weighted by Crippen LogP contribution is -2.32. The molecule has 2 aromatic heterocycles. The average molecular weight is 293 g/mol. The zero-order chi connectivity index (χ0) is 15.5. The van der Waals surface area contributed by atoms with E-state index in [-0.39, 0.29) is 0 Å². The van der Waals surface area contributed by atoms with Crippen LogP contribution in [0.25, 0.3) is 23.3 Å². The van der Waals surface area contributed by atoms with E-state index in [0.29, 0.717) is 0 Å². The number of anilines is 1. The maximum absolute atomic E-state index is 5.60. The van der Waals surface area contributed by atoms with Crippen molar-refractivity contribution in [3.63, 3.8) is 0 Å². The number of pyridine rings is 1. The van der Waals surface area contributed by atoms with Crippen LogP contribution in [0.15, 0.2) is 53.3 Å². The number of hydrogen-bond acceptors (Lipinski definition) is 2. The molecule has 0 aliphatic rings. The number of hydrogen-bond donors (Lipinski definition) is 0. The fourth-order valence-electron chi connectivity index (χ4n) is 2.54. The van der Waals surface area contributed by atoms with Gasteiger partial charge in [-0.1, -0.05) is 24.3 Å². The molecule has 0 fully saturated rings. The maximum Gasteiger partial charge on any atom is 0.380 e. The van der Waals surface area contributed by atoms with E-state index < -0.39 is 0 Å². The van der Waals surface area contributed by atoms with Gasteiger partial charge in [0.05, 0.1) is 11.6 Å². The minimum absolute atomic E-state index is 0.903. The van der Waals surface area contributed by atoms with Gasteiger partial charge in [0.2, 0.25) is 0 Å². The zero-order valence-electron chi connectivity index (χ0n) is 13.3. The Balaban J connectivity index is 1.91. The summed E-state index contributed by atoms with van der Waals surface area (Å²) >= 11 is 0. The molecule has 112 valence electrons. The summed E-state index contributed by atoms with van der Waals surface area (Å²) < 4.78 is 7.71. The van der Waals surface area contributed by atoms with Crippen molar-refractivity contribution in [2.24, 2.45) is 0 Å². The fraction of sp³-hybridized carbons (Fsp3) is 0.211. The van der Waals surface area contributed by atoms with Crippen molar-refractivity contribution in [2.75, 3.05) is 19.0 Å². The van der Waals surface area contributed by atoms with Gasteiger partial charge in [0.1, 0.15) is 6.54 Å². The molecule has 3 aromatic rings. The molecule has 0 aliphatic heterocycles. The Hall–Kier alpha value is -2.55. The Morgan fingerprint density at radius 1 is 1.05 bits per heavy atom. The number of furan rings is 1. The third-order valence-corrected chi connectivity index (χ3v) is 3.86. The summed E-state index contributed by atoms with van der Waals surface area (Å²) in [5, 5.41) is 1.14. The molecule has 0 radical (unpaired) electrons. The van der Waals surface area contributed by atoms with E-state index in [9.17, 15) is 0 Å². The second kappa shape index (κ2) is 6.06. The van der Waals surface area contributed by atoms with Crippen molar-refractivity contribution in [3.05, 3.63) is 60.0 Å². The number of fused-ring (bicyclic) bond motifs is 1. The normalized spacial score (nSPS) is 11.4. The Labute approximate surface area is 131 Å². The summed E-state index contributed by atoms with van der Waals surface area (Å²) in [5.74, 6) is 0. The van der Waals surface area contributed by atoms with E-state index in [4.69, 9.17) is 4.42 Å². The van der Waals surface area contributed by atoms with Gasteiger partial charge in [-0.2, -0.15) is 4.57 Å². The highest BCUT2D eigenvalue weighted by molar-refractivity contribution is 5.86. The highest BCUT2D eigenvalue weighted by Gasteiger charge is 2.12. The Morgan fingerprint density at radius 2 is 1.82 bits per heavy atom. The van der Waals surface area contributed by atoms with E-state index >= 15 is 0 Å². The average Bonchev–Trinajstić information content (AvgIpc) is 3.03. The van der Waals surface area contributed by atoms with Crippen LogP contribution in [0.5, 0.6) is 0 Å². The van der Waals surface area contributed by atoms with Crippen LogP contribution in [0.1, 0.15) is 18.1 Å². The van der Waals surface area contributed by atoms with Crippen LogP contribution >= 0.6 is 0 Å². The number of nitrogens with zero attached hydrogens (tertiary/aromatic N) is 2. The van der Waals surface area contributed by atoms with Crippen LogP contribution in [0.3, 0.4) is 0 Å². The van der Waals surface area contributed by atoms with Crippen molar-refractivity contribution in [1.29, 1.82) is 0 Å².